The number of fused-ring (bicyclic) bond motifs is 1. The minimum atomic E-state index is -0.367. The maximum atomic E-state index is 13.2. The van der Waals surface area contributed by atoms with Crippen molar-refractivity contribution in [1.29, 1.82) is 0 Å². The Balaban J connectivity index is 0.00000196. The first kappa shape index (κ1) is 18.7. The number of nitrogens with zero attached hydrogens (tertiary/aromatic N) is 1. The van der Waals surface area contributed by atoms with E-state index in [0.717, 1.165) is 25.2 Å². The highest BCUT2D eigenvalue weighted by Crippen LogP contribution is 2.42. The van der Waals surface area contributed by atoms with Crippen LogP contribution in [0.2, 0.25) is 0 Å². The number of carbonyl (C=O) groups is 1. The molecule has 0 aliphatic carbocycles. The highest BCUT2D eigenvalue weighted by Gasteiger charge is 2.46. The van der Waals surface area contributed by atoms with Crippen molar-refractivity contribution in [1.82, 2.24) is 10.2 Å². The van der Waals surface area contributed by atoms with Gasteiger partial charge in [-0.3, -0.25) is 4.79 Å². The van der Waals surface area contributed by atoms with E-state index < -0.39 is 0 Å². The van der Waals surface area contributed by atoms with E-state index >= 15 is 0 Å². The zero-order valence-electron chi connectivity index (χ0n) is 14.3. The Bertz CT molecular complexity index is 758. The van der Waals surface area contributed by atoms with Crippen LogP contribution in [0.3, 0.4) is 0 Å². The lowest BCUT2D eigenvalue weighted by atomic mass is 9.89. The second kappa shape index (κ2) is 8.06. The summed E-state index contributed by atoms with van der Waals surface area (Å²) in [6.45, 7) is 2.55. The van der Waals surface area contributed by atoms with Gasteiger partial charge in [0, 0.05) is 31.6 Å². The predicted octanol–water partition coefficient (Wildman–Crippen LogP) is 3.05. The zero-order valence-corrected chi connectivity index (χ0v) is 15.1. The van der Waals surface area contributed by atoms with Crippen LogP contribution in [0.15, 0.2) is 54.6 Å². The van der Waals surface area contributed by atoms with Crippen molar-refractivity contribution >= 4 is 18.3 Å². The summed E-state index contributed by atoms with van der Waals surface area (Å²) >= 11 is 0. The number of hydrogen-bond donors (Lipinski definition) is 1. The number of benzene rings is 2. The molecule has 6 heteroatoms. The van der Waals surface area contributed by atoms with Gasteiger partial charge in [0.2, 0.25) is 0 Å². The van der Waals surface area contributed by atoms with Gasteiger partial charge >= 0.3 is 0 Å². The Hall–Kier alpha value is -2.11. The van der Waals surface area contributed by atoms with Crippen molar-refractivity contribution in [2.24, 2.45) is 11.8 Å². The summed E-state index contributed by atoms with van der Waals surface area (Å²) in [6.07, 6.45) is 0. The molecule has 1 N–H and O–H groups in total. The molecule has 26 heavy (non-hydrogen) atoms. The topological polar surface area (TPSA) is 41.6 Å². The zero-order chi connectivity index (χ0) is 17.2. The molecular formula is C20H22ClFN2O2. The Morgan fingerprint density at radius 1 is 1.15 bits per heavy atom. The molecule has 2 aromatic rings. The van der Waals surface area contributed by atoms with Crippen molar-refractivity contribution in [3.8, 4) is 5.75 Å². The van der Waals surface area contributed by atoms with Gasteiger partial charge in [-0.1, -0.05) is 36.4 Å². The molecule has 4 nitrogen and oxygen atoms in total. The summed E-state index contributed by atoms with van der Waals surface area (Å²) in [4.78, 5) is 14.7. The van der Waals surface area contributed by atoms with Crippen molar-refractivity contribution in [3.63, 3.8) is 0 Å². The van der Waals surface area contributed by atoms with Crippen LogP contribution in [0, 0.1) is 17.7 Å². The van der Waals surface area contributed by atoms with E-state index in [9.17, 15) is 9.18 Å². The summed E-state index contributed by atoms with van der Waals surface area (Å²) in [5, 5.41) is 3.44. The Morgan fingerprint density at radius 2 is 1.96 bits per heavy atom. The lowest BCUT2D eigenvalue weighted by Crippen LogP contribution is -2.37. The lowest BCUT2D eigenvalue weighted by Gasteiger charge is -2.28. The molecule has 0 aromatic heterocycles. The first-order valence-corrected chi connectivity index (χ1v) is 8.66. The molecule has 0 bridgehead atoms. The molecule has 4 rings (SSSR count). The van der Waals surface area contributed by atoms with E-state index in [4.69, 9.17) is 4.74 Å². The molecule has 2 fully saturated rings. The van der Waals surface area contributed by atoms with Gasteiger partial charge in [0.05, 0.1) is 6.04 Å². The molecule has 2 saturated heterocycles. The third-order valence-corrected chi connectivity index (χ3v) is 5.18. The number of hydrogen-bond acceptors (Lipinski definition) is 3. The van der Waals surface area contributed by atoms with Crippen LogP contribution in [0.25, 0.3) is 0 Å². The third kappa shape index (κ3) is 3.69. The summed E-state index contributed by atoms with van der Waals surface area (Å²) in [5.41, 5.74) is 1.16. The smallest absolute Gasteiger partial charge is 0.261 e. The minimum absolute atomic E-state index is 0. The lowest BCUT2D eigenvalue weighted by molar-refractivity contribution is -0.134. The number of amides is 1. The molecule has 0 unspecified atom stereocenters. The number of rotatable bonds is 4. The quantitative estimate of drug-likeness (QED) is 0.891. The van der Waals surface area contributed by atoms with Gasteiger partial charge in [0.1, 0.15) is 11.6 Å². The SMILES string of the molecule is Cl.O=C(COc1cccc(F)c1)N1C[C@@H]2CNC[C@@H]2[C@H]1c1ccccc1. The fourth-order valence-corrected chi connectivity index (χ4v) is 4.04. The van der Waals surface area contributed by atoms with Crippen LogP contribution in [-0.2, 0) is 4.79 Å². The molecular weight excluding hydrogens is 355 g/mol. The molecule has 138 valence electrons. The summed E-state index contributed by atoms with van der Waals surface area (Å²) in [7, 11) is 0. The number of ether oxygens (including phenoxy) is 1. The van der Waals surface area contributed by atoms with E-state index in [0.29, 0.717) is 17.6 Å². The van der Waals surface area contributed by atoms with Gasteiger partial charge in [-0.25, -0.2) is 4.39 Å². The van der Waals surface area contributed by atoms with Crippen molar-refractivity contribution in [3.05, 3.63) is 66.0 Å². The maximum Gasteiger partial charge on any atom is 0.261 e. The van der Waals surface area contributed by atoms with Gasteiger partial charge in [0.15, 0.2) is 6.61 Å². The monoisotopic (exact) mass is 376 g/mol. The minimum Gasteiger partial charge on any atom is -0.484 e. The molecule has 2 aliphatic heterocycles. The maximum absolute atomic E-state index is 13.2. The third-order valence-electron chi connectivity index (χ3n) is 5.18. The number of likely N-dealkylation sites (tertiary alicyclic amines) is 1. The van der Waals surface area contributed by atoms with Gasteiger partial charge in [-0.2, -0.15) is 0 Å². The second-order valence-corrected chi connectivity index (χ2v) is 6.73. The average molecular weight is 377 g/mol. The highest BCUT2D eigenvalue weighted by molar-refractivity contribution is 5.85. The summed E-state index contributed by atoms with van der Waals surface area (Å²) in [6, 6.07) is 16.1. The van der Waals surface area contributed by atoms with E-state index in [1.165, 1.54) is 12.1 Å². The molecule has 3 atom stereocenters. The van der Waals surface area contributed by atoms with Crippen LogP contribution in [0.4, 0.5) is 4.39 Å². The molecule has 1 amide bonds. The van der Waals surface area contributed by atoms with E-state index in [1.54, 1.807) is 12.1 Å². The number of carbonyl (C=O) groups excluding carboxylic acids is 1. The van der Waals surface area contributed by atoms with Crippen LogP contribution < -0.4 is 10.1 Å². The van der Waals surface area contributed by atoms with Gasteiger partial charge in [0.25, 0.3) is 5.91 Å². The van der Waals surface area contributed by atoms with E-state index in [2.05, 4.69) is 17.4 Å². The van der Waals surface area contributed by atoms with Crippen molar-refractivity contribution < 1.29 is 13.9 Å². The van der Waals surface area contributed by atoms with Gasteiger partial charge in [-0.05, 0) is 23.6 Å². The fourth-order valence-electron chi connectivity index (χ4n) is 4.04. The number of nitrogens with one attached hydrogen (secondary N) is 1. The first-order valence-electron chi connectivity index (χ1n) is 8.66. The number of halogens is 2. The van der Waals surface area contributed by atoms with Gasteiger partial charge in [-0.15, -0.1) is 12.4 Å². The Morgan fingerprint density at radius 3 is 2.73 bits per heavy atom. The standard InChI is InChI=1S/C20H21FN2O2.ClH/c21-16-7-4-8-17(9-16)25-13-19(24)23-12-15-10-22-11-18(15)20(23)14-5-2-1-3-6-14;/h1-9,15,18,20,22H,10-13H2;1H/t15-,18-,20+;/m0./s1. The average Bonchev–Trinajstić information content (AvgIpc) is 3.21. The molecule has 2 aromatic carbocycles. The van der Waals surface area contributed by atoms with E-state index in [1.807, 2.05) is 23.1 Å². The molecule has 2 heterocycles. The van der Waals surface area contributed by atoms with Crippen LogP contribution >= 0.6 is 12.4 Å². The van der Waals surface area contributed by atoms with E-state index in [-0.39, 0.29) is 36.8 Å². The summed E-state index contributed by atoms with van der Waals surface area (Å²) in [5.74, 6) is 0.871. The van der Waals surface area contributed by atoms with Crippen LogP contribution in [0.5, 0.6) is 5.75 Å². The predicted molar refractivity (Wildman–Crippen MR) is 99.9 cm³/mol. The van der Waals surface area contributed by atoms with Crippen molar-refractivity contribution in [2.75, 3.05) is 26.2 Å². The van der Waals surface area contributed by atoms with Gasteiger partial charge < -0.3 is 15.0 Å². The van der Waals surface area contributed by atoms with Crippen LogP contribution in [0.1, 0.15) is 11.6 Å². The largest absolute Gasteiger partial charge is 0.484 e. The molecule has 0 radical (unpaired) electrons. The highest BCUT2D eigenvalue weighted by atomic mass is 35.5. The Labute approximate surface area is 158 Å². The molecule has 0 spiro atoms. The van der Waals surface area contributed by atoms with Crippen molar-refractivity contribution in [2.45, 2.75) is 6.04 Å². The molecule has 0 saturated carbocycles. The van der Waals surface area contributed by atoms with Crippen LogP contribution in [-0.4, -0.2) is 37.0 Å². The second-order valence-electron chi connectivity index (χ2n) is 6.73. The summed E-state index contributed by atoms with van der Waals surface area (Å²) < 4.78 is 18.8. The molecule has 2 aliphatic rings. The Kier molecular flexibility index (Phi) is 5.79. The normalized spacial score (nSPS) is 24.0. The fraction of sp³-hybridized carbons (Fsp3) is 0.350. The first-order chi connectivity index (χ1) is 12.2.